The summed E-state index contributed by atoms with van der Waals surface area (Å²) >= 11 is 0. The van der Waals surface area contributed by atoms with Gasteiger partial charge in [-0.25, -0.2) is 4.98 Å². The Kier molecular flexibility index (Phi) is 3.78. The van der Waals surface area contributed by atoms with Gasteiger partial charge in [0.1, 0.15) is 5.82 Å². The quantitative estimate of drug-likeness (QED) is 0.936. The standard InChI is InChI=1S/C17H22N4/c1-12(2)19-17-18-10-8-16(20-17)21-11-9-14-6-4-5-7-15(14)13(21)3/h4-8,10,12-13H,9,11H2,1-3H3,(H,18,19,20)/t13-/m0/s1. The fraction of sp³-hybridized carbons (Fsp3) is 0.412. The molecule has 0 spiro atoms. The first-order valence-corrected chi connectivity index (χ1v) is 7.59. The minimum Gasteiger partial charge on any atom is -0.352 e. The molecule has 0 unspecified atom stereocenters. The van der Waals surface area contributed by atoms with Gasteiger partial charge in [0.2, 0.25) is 5.95 Å². The van der Waals surface area contributed by atoms with Gasteiger partial charge in [0.15, 0.2) is 0 Å². The number of nitrogens with one attached hydrogen (secondary N) is 1. The van der Waals surface area contributed by atoms with Crippen molar-refractivity contribution in [3.8, 4) is 0 Å². The van der Waals surface area contributed by atoms with Crippen molar-refractivity contribution in [2.45, 2.75) is 39.3 Å². The summed E-state index contributed by atoms with van der Waals surface area (Å²) in [6, 6.07) is 11.4. The molecule has 4 nitrogen and oxygen atoms in total. The first kappa shape index (κ1) is 13.9. The molecule has 0 saturated carbocycles. The van der Waals surface area contributed by atoms with Crippen molar-refractivity contribution in [2.75, 3.05) is 16.8 Å². The zero-order valence-electron chi connectivity index (χ0n) is 12.9. The molecule has 1 aromatic carbocycles. The third kappa shape index (κ3) is 2.84. The molecule has 1 aromatic heterocycles. The Hall–Kier alpha value is -2.10. The van der Waals surface area contributed by atoms with Crippen molar-refractivity contribution in [3.05, 3.63) is 47.7 Å². The first-order valence-electron chi connectivity index (χ1n) is 7.59. The van der Waals surface area contributed by atoms with Crippen LogP contribution in [0.2, 0.25) is 0 Å². The van der Waals surface area contributed by atoms with Crippen LogP contribution < -0.4 is 10.2 Å². The fourth-order valence-corrected chi connectivity index (χ4v) is 2.92. The summed E-state index contributed by atoms with van der Waals surface area (Å²) in [5.41, 5.74) is 2.86. The lowest BCUT2D eigenvalue weighted by Gasteiger charge is -2.36. The maximum absolute atomic E-state index is 4.66. The molecular weight excluding hydrogens is 260 g/mol. The van der Waals surface area contributed by atoms with E-state index < -0.39 is 0 Å². The molecule has 1 aliphatic rings. The molecule has 0 fully saturated rings. The van der Waals surface area contributed by atoms with Crippen LogP contribution in [0.25, 0.3) is 0 Å². The van der Waals surface area contributed by atoms with Crippen LogP contribution in [0.5, 0.6) is 0 Å². The average molecular weight is 282 g/mol. The van der Waals surface area contributed by atoms with Crippen molar-refractivity contribution >= 4 is 11.8 Å². The maximum Gasteiger partial charge on any atom is 0.224 e. The first-order chi connectivity index (χ1) is 10.1. The second-order valence-electron chi connectivity index (χ2n) is 5.86. The summed E-state index contributed by atoms with van der Waals surface area (Å²) in [6.45, 7) is 7.43. The molecule has 1 atom stereocenters. The van der Waals surface area contributed by atoms with Gasteiger partial charge in [-0.05, 0) is 44.4 Å². The monoisotopic (exact) mass is 282 g/mol. The van der Waals surface area contributed by atoms with Crippen molar-refractivity contribution < 1.29 is 0 Å². The lowest BCUT2D eigenvalue weighted by atomic mass is 9.94. The summed E-state index contributed by atoms with van der Waals surface area (Å²) in [5.74, 6) is 1.70. The molecule has 1 aliphatic heterocycles. The zero-order valence-corrected chi connectivity index (χ0v) is 12.9. The van der Waals surface area contributed by atoms with E-state index in [0.29, 0.717) is 18.0 Å². The van der Waals surface area contributed by atoms with Crippen LogP contribution in [0, 0.1) is 0 Å². The summed E-state index contributed by atoms with van der Waals surface area (Å²) in [5, 5.41) is 3.27. The van der Waals surface area contributed by atoms with Gasteiger partial charge < -0.3 is 10.2 Å². The smallest absolute Gasteiger partial charge is 0.224 e. The maximum atomic E-state index is 4.66. The third-order valence-corrected chi connectivity index (χ3v) is 3.95. The predicted molar refractivity (Wildman–Crippen MR) is 86.7 cm³/mol. The van der Waals surface area contributed by atoms with Crippen LogP contribution in [0.1, 0.15) is 37.9 Å². The van der Waals surface area contributed by atoms with E-state index in [1.807, 2.05) is 12.3 Å². The lowest BCUT2D eigenvalue weighted by molar-refractivity contribution is 0.616. The molecule has 4 heteroatoms. The molecule has 2 heterocycles. The summed E-state index contributed by atoms with van der Waals surface area (Å²) in [4.78, 5) is 11.3. The molecular formula is C17H22N4. The minimum absolute atomic E-state index is 0.333. The Morgan fingerprint density at radius 3 is 2.86 bits per heavy atom. The highest BCUT2D eigenvalue weighted by molar-refractivity contribution is 5.49. The molecule has 2 aromatic rings. The molecule has 0 aliphatic carbocycles. The summed E-state index contributed by atoms with van der Waals surface area (Å²) in [6.07, 6.45) is 2.90. The normalized spacial score (nSPS) is 17.7. The molecule has 0 radical (unpaired) electrons. The number of fused-ring (bicyclic) bond motifs is 1. The summed E-state index contributed by atoms with van der Waals surface area (Å²) in [7, 11) is 0. The van der Waals surface area contributed by atoms with E-state index >= 15 is 0 Å². The van der Waals surface area contributed by atoms with E-state index in [4.69, 9.17) is 0 Å². The molecule has 0 bridgehead atoms. The van der Waals surface area contributed by atoms with E-state index in [1.165, 1.54) is 11.1 Å². The van der Waals surface area contributed by atoms with Gasteiger partial charge in [-0.15, -0.1) is 0 Å². The third-order valence-electron chi connectivity index (χ3n) is 3.95. The topological polar surface area (TPSA) is 41.1 Å². The van der Waals surface area contributed by atoms with Crippen molar-refractivity contribution in [3.63, 3.8) is 0 Å². The van der Waals surface area contributed by atoms with Gasteiger partial charge in [0.25, 0.3) is 0 Å². The van der Waals surface area contributed by atoms with Crippen molar-refractivity contribution in [2.24, 2.45) is 0 Å². The van der Waals surface area contributed by atoms with Gasteiger partial charge in [-0.2, -0.15) is 4.98 Å². The molecule has 110 valence electrons. The molecule has 0 amide bonds. The van der Waals surface area contributed by atoms with E-state index in [1.54, 1.807) is 0 Å². The molecule has 21 heavy (non-hydrogen) atoms. The van der Waals surface area contributed by atoms with Gasteiger partial charge in [0, 0.05) is 18.8 Å². The number of benzene rings is 1. The SMILES string of the molecule is CC(C)Nc1nccc(N2CCc3ccccc3[C@@H]2C)n1. The van der Waals surface area contributed by atoms with Crippen molar-refractivity contribution in [1.29, 1.82) is 0 Å². The highest BCUT2D eigenvalue weighted by Gasteiger charge is 2.24. The average Bonchev–Trinajstić information content (AvgIpc) is 2.47. The minimum atomic E-state index is 0.333. The highest BCUT2D eigenvalue weighted by atomic mass is 15.2. The molecule has 0 saturated heterocycles. The Labute approximate surface area is 126 Å². The van der Waals surface area contributed by atoms with Crippen molar-refractivity contribution in [1.82, 2.24) is 9.97 Å². The van der Waals surface area contributed by atoms with Crippen LogP contribution in [0.3, 0.4) is 0 Å². The Morgan fingerprint density at radius 1 is 1.24 bits per heavy atom. The number of nitrogens with zero attached hydrogens (tertiary/aromatic N) is 3. The van der Waals surface area contributed by atoms with Crippen LogP contribution in [-0.4, -0.2) is 22.6 Å². The fourth-order valence-electron chi connectivity index (χ4n) is 2.92. The van der Waals surface area contributed by atoms with E-state index in [0.717, 1.165) is 18.8 Å². The van der Waals surface area contributed by atoms with Gasteiger partial charge in [-0.3, -0.25) is 0 Å². The second kappa shape index (κ2) is 5.72. The van der Waals surface area contributed by atoms with Gasteiger partial charge in [0.05, 0.1) is 6.04 Å². The van der Waals surface area contributed by atoms with Crippen LogP contribution in [-0.2, 0) is 6.42 Å². The number of hydrogen-bond donors (Lipinski definition) is 1. The second-order valence-corrected chi connectivity index (χ2v) is 5.86. The highest BCUT2D eigenvalue weighted by Crippen LogP contribution is 2.32. The number of rotatable bonds is 3. The summed E-state index contributed by atoms with van der Waals surface area (Å²) < 4.78 is 0. The van der Waals surface area contributed by atoms with E-state index in [2.05, 4.69) is 65.2 Å². The Morgan fingerprint density at radius 2 is 2.05 bits per heavy atom. The lowest BCUT2D eigenvalue weighted by Crippen LogP contribution is -2.34. The Bertz CT molecular complexity index is 624. The largest absolute Gasteiger partial charge is 0.352 e. The van der Waals surface area contributed by atoms with E-state index in [-0.39, 0.29) is 0 Å². The van der Waals surface area contributed by atoms with Crippen LogP contribution >= 0.6 is 0 Å². The number of anilines is 2. The molecule has 1 N–H and O–H groups in total. The van der Waals surface area contributed by atoms with Gasteiger partial charge >= 0.3 is 0 Å². The zero-order chi connectivity index (χ0) is 14.8. The number of aromatic nitrogens is 2. The Balaban J connectivity index is 1.88. The molecule has 3 rings (SSSR count). The van der Waals surface area contributed by atoms with Crippen LogP contribution in [0.15, 0.2) is 36.5 Å². The predicted octanol–water partition coefficient (Wildman–Crippen LogP) is 3.42. The van der Waals surface area contributed by atoms with Crippen LogP contribution in [0.4, 0.5) is 11.8 Å². The van der Waals surface area contributed by atoms with Gasteiger partial charge in [-0.1, -0.05) is 24.3 Å². The number of hydrogen-bond acceptors (Lipinski definition) is 4. The van der Waals surface area contributed by atoms with E-state index in [9.17, 15) is 0 Å².